The van der Waals surface area contributed by atoms with Crippen molar-refractivity contribution < 1.29 is 0 Å². The Kier molecular flexibility index (Phi) is 7.85. The van der Waals surface area contributed by atoms with Crippen LogP contribution in [0.2, 0.25) is 0 Å². The molecule has 2 aliphatic carbocycles. The zero-order valence-electron chi connectivity index (χ0n) is 30.1. The number of allylic oxidation sites excluding steroid dienone is 1. The molecule has 258 valence electrons. The van der Waals surface area contributed by atoms with Gasteiger partial charge in [0.15, 0.2) is 5.84 Å². The summed E-state index contributed by atoms with van der Waals surface area (Å²) in [6, 6.07) is 70.7. The molecule has 1 heterocycles. The lowest BCUT2D eigenvalue weighted by molar-refractivity contribution is 0.842. The van der Waals surface area contributed by atoms with E-state index in [9.17, 15) is 0 Å². The third-order valence-corrected chi connectivity index (χ3v) is 11.0. The van der Waals surface area contributed by atoms with Crippen molar-refractivity contribution in [3.8, 4) is 44.8 Å². The number of rotatable bonds is 6. The van der Waals surface area contributed by atoms with Crippen LogP contribution in [0, 0.1) is 0 Å². The van der Waals surface area contributed by atoms with E-state index in [0.29, 0.717) is 5.84 Å². The molecular weight excluding hydrogens is 667 g/mol. The van der Waals surface area contributed by atoms with Crippen LogP contribution in [0.3, 0.4) is 0 Å². The zero-order chi connectivity index (χ0) is 36.8. The topological polar surface area (TPSA) is 37.6 Å². The van der Waals surface area contributed by atoms with Crippen molar-refractivity contribution in [2.75, 3.05) is 0 Å². The van der Waals surface area contributed by atoms with E-state index < -0.39 is 5.41 Å². The quantitative estimate of drug-likeness (QED) is 0.126. The third-order valence-electron chi connectivity index (χ3n) is 11.0. The zero-order valence-corrected chi connectivity index (χ0v) is 30.1. The lowest BCUT2D eigenvalue weighted by atomic mass is 9.68. The molecular formula is C52H35N3. The summed E-state index contributed by atoms with van der Waals surface area (Å²) in [5.41, 5.74) is 17.1. The number of benzene rings is 7. The summed E-state index contributed by atoms with van der Waals surface area (Å²) in [7, 11) is 0. The Hall–Kier alpha value is -7.23. The minimum Gasteiger partial charge on any atom is -0.248 e. The van der Waals surface area contributed by atoms with Crippen molar-refractivity contribution >= 4 is 23.8 Å². The molecule has 10 rings (SSSR count). The van der Waals surface area contributed by atoms with Crippen LogP contribution in [0.4, 0.5) is 0 Å². The van der Waals surface area contributed by atoms with Crippen molar-refractivity contribution in [2.45, 2.75) is 5.41 Å². The van der Waals surface area contributed by atoms with E-state index in [1.54, 1.807) is 0 Å². The molecule has 1 spiro atoms. The summed E-state index contributed by atoms with van der Waals surface area (Å²) in [6.07, 6.45) is 0. The van der Waals surface area contributed by atoms with Crippen LogP contribution in [0.25, 0.3) is 56.0 Å². The molecule has 3 nitrogen and oxygen atoms in total. The Morgan fingerprint density at radius 3 is 1.40 bits per heavy atom. The number of aromatic nitrogens is 1. The lowest BCUT2D eigenvalue weighted by Gasteiger charge is -2.32. The van der Waals surface area contributed by atoms with Gasteiger partial charge >= 0.3 is 0 Å². The van der Waals surface area contributed by atoms with Crippen LogP contribution >= 0.6 is 0 Å². The Labute approximate surface area is 321 Å². The highest BCUT2D eigenvalue weighted by molar-refractivity contribution is 6.13. The highest BCUT2D eigenvalue weighted by atomic mass is 14.9. The van der Waals surface area contributed by atoms with Crippen LogP contribution in [0.1, 0.15) is 33.4 Å². The SMILES string of the molecule is C=NC(=NC1=C(c2ccccc2)C2(c3ccccc31)c1ccccc1-c1ccccc12)c1ccc(-c2cc(-c3ccccc3)cc(-c3ccccc3)n2)cc1. The van der Waals surface area contributed by atoms with Gasteiger partial charge in [-0.25, -0.2) is 15.0 Å². The van der Waals surface area contributed by atoms with E-state index >= 15 is 0 Å². The maximum absolute atomic E-state index is 5.49. The van der Waals surface area contributed by atoms with Crippen LogP contribution < -0.4 is 0 Å². The first-order valence-electron chi connectivity index (χ1n) is 18.6. The summed E-state index contributed by atoms with van der Waals surface area (Å²) in [6.45, 7) is 4.05. The largest absolute Gasteiger partial charge is 0.248 e. The number of fused-ring (bicyclic) bond motifs is 7. The Balaban J connectivity index is 1.14. The molecule has 8 aromatic rings. The van der Waals surface area contributed by atoms with Crippen molar-refractivity contribution in [2.24, 2.45) is 9.98 Å². The number of pyridine rings is 1. The van der Waals surface area contributed by atoms with Gasteiger partial charge in [0.2, 0.25) is 0 Å². The minimum absolute atomic E-state index is 0.550. The molecule has 0 amide bonds. The van der Waals surface area contributed by atoms with Gasteiger partial charge in [0, 0.05) is 27.8 Å². The van der Waals surface area contributed by atoms with E-state index in [1.807, 2.05) is 12.1 Å². The first kappa shape index (κ1) is 32.4. The smallest absolute Gasteiger partial charge is 0.159 e. The summed E-state index contributed by atoms with van der Waals surface area (Å²) < 4.78 is 0. The first-order valence-corrected chi connectivity index (χ1v) is 18.6. The molecule has 0 fully saturated rings. The van der Waals surface area contributed by atoms with Gasteiger partial charge in [0.25, 0.3) is 0 Å². The number of hydrogen-bond acceptors (Lipinski definition) is 2. The van der Waals surface area contributed by atoms with Crippen molar-refractivity contribution in [1.29, 1.82) is 0 Å². The van der Waals surface area contributed by atoms with E-state index in [0.717, 1.165) is 61.6 Å². The van der Waals surface area contributed by atoms with Gasteiger partial charge in [-0.15, -0.1) is 0 Å². The average Bonchev–Trinajstić information content (AvgIpc) is 3.73. The van der Waals surface area contributed by atoms with Gasteiger partial charge in [0.1, 0.15) is 0 Å². The summed E-state index contributed by atoms with van der Waals surface area (Å²) >= 11 is 0. The standard InChI is InChI=1S/C52H35N3/c1-53-51(39-31-29-37(30-32-39)48-34-40(35-17-5-2-6-18-35)33-47(54-48)36-19-7-3-8-20-36)55-50-43-25-13-16-28-46(43)52(49(50)38-21-9-4-10-22-38)44-26-14-11-23-41(44)42-24-12-15-27-45(42)52/h2-34H,1H2. The van der Waals surface area contributed by atoms with Gasteiger partial charge in [-0.1, -0.05) is 188 Å². The monoisotopic (exact) mass is 701 g/mol. The number of hydrogen-bond donors (Lipinski definition) is 0. The van der Waals surface area contributed by atoms with Gasteiger partial charge in [-0.05, 0) is 63.4 Å². The molecule has 0 saturated carbocycles. The van der Waals surface area contributed by atoms with Gasteiger partial charge in [-0.2, -0.15) is 0 Å². The number of aliphatic imine (C=N–C) groups is 2. The summed E-state index contributed by atoms with van der Waals surface area (Å²) in [4.78, 5) is 15.2. The first-order chi connectivity index (χ1) is 27.2. The maximum Gasteiger partial charge on any atom is 0.159 e. The fourth-order valence-electron chi connectivity index (χ4n) is 8.65. The molecule has 7 aromatic carbocycles. The van der Waals surface area contributed by atoms with Crippen LogP contribution in [-0.2, 0) is 5.41 Å². The highest BCUT2D eigenvalue weighted by Crippen LogP contribution is 2.64. The fourth-order valence-corrected chi connectivity index (χ4v) is 8.65. The second kappa shape index (κ2) is 13.3. The molecule has 3 heteroatoms. The van der Waals surface area contributed by atoms with Crippen molar-refractivity contribution in [3.05, 3.63) is 234 Å². The van der Waals surface area contributed by atoms with Gasteiger partial charge < -0.3 is 0 Å². The third kappa shape index (κ3) is 5.24. The predicted octanol–water partition coefficient (Wildman–Crippen LogP) is 12.4. The van der Waals surface area contributed by atoms with E-state index in [-0.39, 0.29) is 0 Å². The highest BCUT2D eigenvalue weighted by Gasteiger charge is 2.53. The molecule has 2 aliphatic rings. The Morgan fingerprint density at radius 2 is 0.855 bits per heavy atom. The number of nitrogens with zero attached hydrogens (tertiary/aromatic N) is 3. The molecule has 0 radical (unpaired) electrons. The molecule has 0 aliphatic heterocycles. The molecule has 55 heavy (non-hydrogen) atoms. The summed E-state index contributed by atoms with van der Waals surface area (Å²) in [5, 5.41) is 0. The molecule has 0 N–H and O–H groups in total. The molecule has 0 bridgehead atoms. The van der Waals surface area contributed by atoms with Crippen LogP contribution in [0.15, 0.2) is 210 Å². The minimum atomic E-state index is -0.550. The molecule has 0 atom stereocenters. The molecule has 0 unspecified atom stereocenters. The van der Waals surface area contributed by atoms with Crippen molar-refractivity contribution in [1.82, 2.24) is 4.98 Å². The maximum atomic E-state index is 5.49. The fraction of sp³-hybridized carbons (Fsp3) is 0.0192. The average molecular weight is 702 g/mol. The lowest BCUT2D eigenvalue weighted by Crippen LogP contribution is -2.26. The Bertz CT molecular complexity index is 2700. The van der Waals surface area contributed by atoms with E-state index in [4.69, 9.17) is 9.98 Å². The Morgan fingerprint density at radius 1 is 0.418 bits per heavy atom. The predicted molar refractivity (Wildman–Crippen MR) is 228 cm³/mol. The van der Waals surface area contributed by atoms with Gasteiger partial charge in [-0.3, -0.25) is 0 Å². The molecule has 1 aromatic heterocycles. The molecule has 0 saturated heterocycles. The number of amidine groups is 1. The van der Waals surface area contributed by atoms with Gasteiger partial charge in [0.05, 0.1) is 22.5 Å². The van der Waals surface area contributed by atoms with E-state index in [2.05, 4.69) is 200 Å². The van der Waals surface area contributed by atoms with Crippen LogP contribution in [-0.4, -0.2) is 17.5 Å². The van der Waals surface area contributed by atoms with E-state index in [1.165, 1.54) is 27.8 Å². The summed E-state index contributed by atoms with van der Waals surface area (Å²) in [5.74, 6) is 0.567. The second-order valence-electron chi connectivity index (χ2n) is 14.0. The second-order valence-corrected chi connectivity index (χ2v) is 14.0. The van der Waals surface area contributed by atoms with Crippen LogP contribution in [0.5, 0.6) is 0 Å². The normalized spacial score (nSPS) is 13.7. The van der Waals surface area contributed by atoms with Crippen molar-refractivity contribution in [3.63, 3.8) is 0 Å².